The highest BCUT2D eigenvalue weighted by atomic mass is 19.4. The van der Waals surface area contributed by atoms with Crippen LogP contribution < -0.4 is 5.32 Å². The molecule has 0 atom stereocenters. The second kappa shape index (κ2) is 14.2. The molecule has 0 aliphatic rings. The number of benzene rings is 1. The second-order valence-electron chi connectivity index (χ2n) is 10.8. The summed E-state index contributed by atoms with van der Waals surface area (Å²) in [5.74, 6) is 6.87. The fourth-order valence-electron chi connectivity index (χ4n) is 4.82. The van der Waals surface area contributed by atoms with Crippen LogP contribution in [0.3, 0.4) is 0 Å². The minimum atomic E-state index is -4.42. The minimum Gasteiger partial charge on any atom is -0.385 e. The number of anilines is 1. The molecule has 0 saturated carbocycles. The van der Waals surface area contributed by atoms with Crippen molar-refractivity contribution >= 4 is 16.7 Å². The quantitative estimate of drug-likeness (QED) is 0.174. The summed E-state index contributed by atoms with van der Waals surface area (Å²) < 4.78 is 42.1. The van der Waals surface area contributed by atoms with Gasteiger partial charge in [0.15, 0.2) is 0 Å². The van der Waals surface area contributed by atoms with Crippen LogP contribution in [0.15, 0.2) is 61.1 Å². The smallest absolute Gasteiger partial charge is 0.385 e. The molecule has 0 aliphatic heterocycles. The third kappa shape index (κ3) is 9.09. The van der Waals surface area contributed by atoms with Crippen LogP contribution in [-0.4, -0.2) is 39.5 Å². The number of alkyl halides is 3. The molecule has 0 radical (unpaired) electrons. The lowest BCUT2D eigenvalue weighted by Crippen LogP contribution is -2.27. The molecule has 41 heavy (non-hydrogen) atoms. The van der Waals surface area contributed by atoms with Gasteiger partial charge in [-0.15, -0.1) is 0 Å². The first kappa shape index (κ1) is 30.1. The highest BCUT2D eigenvalue weighted by molar-refractivity contribution is 5.76. The maximum atomic E-state index is 14.0. The summed E-state index contributed by atoms with van der Waals surface area (Å²) in [5.41, 5.74) is 3.46. The number of aromatic amines is 1. The summed E-state index contributed by atoms with van der Waals surface area (Å²) in [6.45, 7) is 8.74. The zero-order valence-electron chi connectivity index (χ0n) is 24.0. The molecular formula is C33H38F3N5. The van der Waals surface area contributed by atoms with Gasteiger partial charge in [0, 0.05) is 66.0 Å². The van der Waals surface area contributed by atoms with Gasteiger partial charge < -0.3 is 10.3 Å². The van der Waals surface area contributed by atoms with E-state index in [1.807, 2.05) is 30.5 Å². The summed E-state index contributed by atoms with van der Waals surface area (Å²) in [7, 11) is 0. The number of hydrogen-bond acceptors (Lipinski definition) is 4. The van der Waals surface area contributed by atoms with Gasteiger partial charge in [-0.05, 0) is 80.2 Å². The van der Waals surface area contributed by atoms with Gasteiger partial charge in [0.2, 0.25) is 0 Å². The first-order chi connectivity index (χ1) is 19.7. The molecule has 0 unspecified atom stereocenters. The molecule has 0 aliphatic carbocycles. The van der Waals surface area contributed by atoms with Gasteiger partial charge in [0.25, 0.3) is 0 Å². The van der Waals surface area contributed by atoms with Crippen molar-refractivity contribution in [2.45, 2.75) is 59.2 Å². The van der Waals surface area contributed by atoms with Crippen LogP contribution in [0.4, 0.5) is 18.9 Å². The Balaban J connectivity index is 1.38. The SMILES string of the molecule is CCCN(CCCC(C)C)Cc1ccc(NCCc2cc(C#Cc3cnc4[nH]ccc4c3)ccn2)cc1C(F)(F)F. The van der Waals surface area contributed by atoms with Gasteiger partial charge in [-0.25, -0.2) is 4.98 Å². The molecule has 0 amide bonds. The van der Waals surface area contributed by atoms with Crippen LogP contribution >= 0.6 is 0 Å². The molecule has 0 saturated heterocycles. The van der Waals surface area contributed by atoms with Crippen LogP contribution in [0.1, 0.15) is 68.0 Å². The number of rotatable bonds is 12. The fourth-order valence-corrected chi connectivity index (χ4v) is 4.82. The summed E-state index contributed by atoms with van der Waals surface area (Å²) in [5, 5.41) is 4.15. The van der Waals surface area contributed by atoms with Crippen LogP contribution in [0, 0.1) is 17.8 Å². The maximum Gasteiger partial charge on any atom is 0.416 e. The van der Waals surface area contributed by atoms with Crippen molar-refractivity contribution in [1.29, 1.82) is 0 Å². The number of H-pyrrole nitrogens is 1. The van der Waals surface area contributed by atoms with Crippen molar-refractivity contribution in [2.75, 3.05) is 25.0 Å². The van der Waals surface area contributed by atoms with Crippen molar-refractivity contribution in [2.24, 2.45) is 5.92 Å². The molecule has 0 spiro atoms. The Labute approximate surface area is 240 Å². The number of pyridine rings is 2. The summed E-state index contributed by atoms with van der Waals surface area (Å²) in [6.07, 6.45) is 4.37. The predicted octanol–water partition coefficient (Wildman–Crippen LogP) is 7.68. The average Bonchev–Trinajstić information content (AvgIpc) is 3.40. The summed E-state index contributed by atoms with van der Waals surface area (Å²) in [6, 6.07) is 12.3. The van der Waals surface area contributed by atoms with E-state index in [0.717, 1.165) is 60.2 Å². The van der Waals surface area contributed by atoms with Gasteiger partial charge in [0.05, 0.1) is 5.56 Å². The van der Waals surface area contributed by atoms with E-state index in [-0.39, 0.29) is 0 Å². The third-order valence-corrected chi connectivity index (χ3v) is 6.88. The van der Waals surface area contributed by atoms with E-state index >= 15 is 0 Å². The van der Waals surface area contributed by atoms with Crippen molar-refractivity contribution in [3.63, 3.8) is 0 Å². The molecule has 2 N–H and O–H groups in total. The molecule has 3 aromatic heterocycles. The standard InChI is InChI=1S/C33H38F3N5/c1-4-17-41(18-5-6-24(2)3)23-28-9-10-29(21-31(28)33(34,35)36)38-16-13-30-20-25(11-14-37-30)7-8-26-19-27-12-15-39-32(27)40-22-26/h9-12,14-15,19-22,24,38H,4-6,13,16-18,23H2,1-3H3,(H,39,40). The normalized spacial score (nSPS) is 11.7. The molecule has 5 nitrogen and oxygen atoms in total. The number of aromatic nitrogens is 3. The van der Waals surface area contributed by atoms with E-state index in [1.54, 1.807) is 24.5 Å². The molecule has 0 fully saturated rings. The van der Waals surface area contributed by atoms with Crippen LogP contribution in [-0.2, 0) is 19.1 Å². The number of fused-ring (bicyclic) bond motifs is 1. The maximum absolute atomic E-state index is 14.0. The molecule has 1 aromatic carbocycles. The molecule has 0 bridgehead atoms. The summed E-state index contributed by atoms with van der Waals surface area (Å²) in [4.78, 5) is 14.0. The van der Waals surface area contributed by atoms with E-state index in [0.29, 0.717) is 36.7 Å². The number of nitrogens with one attached hydrogen (secondary N) is 2. The molecule has 4 aromatic rings. The number of nitrogens with zero attached hydrogens (tertiary/aromatic N) is 3. The Morgan fingerprint density at radius 1 is 1.00 bits per heavy atom. The molecule has 216 valence electrons. The Bertz CT molecular complexity index is 1480. The van der Waals surface area contributed by atoms with Crippen LogP contribution in [0.5, 0.6) is 0 Å². The highest BCUT2D eigenvalue weighted by Crippen LogP contribution is 2.34. The lowest BCUT2D eigenvalue weighted by molar-refractivity contribution is -0.138. The van der Waals surface area contributed by atoms with Crippen molar-refractivity contribution in [3.05, 3.63) is 89.0 Å². The van der Waals surface area contributed by atoms with Crippen molar-refractivity contribution in [1.82, 2.24) is 19.9 Å². The third-order valence-electron chi connectivity index (χ3n) is 6.88. The molecule has 3 heterocycles. The van der Waals surface area contributed by atoms with Gasteiger partial charge >= 0.3 is 6.18 Å². The Morgan fingerprint density at radius 3 is 2.61 bits per heavy atom. The van der Waals surface area contributed by atoms with E-state index < -0.39 is 11.7 Å². The molecule has 4 rings (SSSR count). The van der Waals surface area contributed by atoms with E-state index in [4.69, 9.17) is 0 Å². The van der Waals surface area contributed by atoms with Gasteiger partial charge in [0.1, 0.15) is 5.65 Å². The number of halogens is 3. The molecular weight excluding hydrogens is 523 g/mol. The van der Waals surface area contributed by atoms with Gasteiger partial charge in [-0.1, -0.05) is 38.7 Å². The van der Waals surface area contributed by atoms with Gasteiger partial charge in [-0.3, -0.25) is 9.88 Å². The highest BCUT2D eigenvalue weighted by Gasteiger charge is 2.34. The first-order valence-corrected chi connectivity index (χ1v) is 14.3. The largest absolute Gasteiger partial charge is 0.416 e. The second-order valence-corrected chi connectivity index (χ2v) is 10.8. The summed E-state index contributed by atoms with van der Waals surface area (Å²) >= 11 is 0. The Hall–Kier alpha value is -3.83. The van der Waals surface area contributed by atoms with E-state index in [9.17, 15) is 13.2 Å². The Morgan fingerprint density at radius 2 is 1.83 bits per heavy atom. The minimum absolute atomic E-state index is 0.300. The first-order valence-electron chi connectivity index (χ1n) is 14.3. The number of hydrogen-bond donors (Lipinski definition) is 2. The fraction of sp³-hybridized carbons (Fsp3) is 0.394. The average molecular weight is 562 g/mol. The van der Waals surface area contributed by atoms with E-state index in [2.05, 4.69) is 57.8 Å². The zero-order chi connectivity index (χ0) is 29.2. The van der Waals surface area contributed by atoms with Gasteiger partial charge in [-0.2, -0.15) is 13.2 Å². The Kier molecular flexibility index (Phi) is 10.4. The predicted molar refractivity (Wildman–Crippen MR) is 160 cm³/mol. The lowest BCUT2D eigenvalue weighted by Gasteiger charge is -2.24. The van der Waals surface area contributed by atoms with Crippen LogP contribution in [0.25, 0.3) is 11.0 Å². The van der Waals surface area contributed by atoms with Crippen molar-refractivity contribution < 1.29 is 13.2 Å². The van der Waals surface area contributed by atoms with Crippen LogP contribution in [0.2, 0.25) is 0 Å². The topological polar surface area (TPSA) is 56.8 Å². The zero-order valence-corrected chi connectivity index (χ0v) is 24.0. The lowest BCUT2D eigenvalue weighted by atomic mass is 10.0. The monoisotopic (exact) mass is 561 g/mol. The van der Waals surface area contributed by atoms with Crippen molar-refractivity contribution in [3.8, 4) is 11.8 Å². The molecule has 8 heteroatoms. The van der Waals surface area contributed by atoms with E-state index in [1.165, 1.54) is 6.07 Å².